The van der Waals surface area contributed by atoms with Crippen LogP contribution in [-0.4, -0.2) is 36.1 Å². The number of carbonyl (C=O) groups is 3. The lowest BCUT2D eigenvalue weighted by Gasteiger charge is -2.13. The fourth-order valence-corrected chi connectivity index (χ4v) is 1.56. The molecule has 21 heavy (non-hydrogen) atoms. The zero-order valence-electron chi connectivity index (χ0n) is 11.3. The van der Waals surface area contributed by atoms with Crippen LogP contribution < -0.4 is 5.32 Å². The SMILES string of the molecule is COC(=O)CCC(NC(=O)c1ccc(C#N)cc1)C(=O)O. The first kappa shape index (κ1) is 16.2. The fourth-order valence-electron chi connectivity index (χ4n) is 1.56. The highest BCUT2D eigenvalue weighted by atomic mass is 16.5. The number of esters is 1. The molecule has 2 N–H and O–H groups in total. The molecule has 7 heteroatoms. The van der Waals surface area contributed by atoms with Crippen molar-refractivity contribution in [3.05, 3.63) is 35.4 Å². The molecule has 7 nitrogen and oxygen atoms in total. The third-order valence-electron chi connectivity index (χ3n) is 2.74. The fraction of sp³-hybridized carbons (Fsp3) is 0.286. The largest absolute Gasteiger partial charge is 0.480 e. The molecule has 1 rings (SSSR count). The van der Waals surface area contributed by atoms with Crippen molar-refractivity contribution in [3.8, 4) is 6.07 Å². The Morgan fingerprint density at radius 1 is 1.33 bits per heavy atom. The van der Waals surface area contributed by atoms with E-state index in [4.69, 9.17) is 10.4 Å². The number of aliphatic carboxylic acids is 1. The second-order valence-electron chi connectivity index (χ2n) is 4.17. The number of hydrogen-bond acceptors (Lipinski definition) is 5. The van der Waals surface area contributed by atoms with Crippen molar-refractivity contribution in [1.82, 2.24) is 5.32 Å². The lowest BCUT2D eigenvalue weighted by atomic mass is 10.1. The molecular weight excluding hydrogens is 276 g/mol. The van der Waals surface area contributed by atoms with Crippen LogP contribution in [0.4, 0.5) is 0 Å². The van der Waals surface area contributed by atoms with Crippen LogP contribution in [0.5, 0.6) is 0 Å². The molecule has 0 heterocycles. The number of rotatable bonds is 6. The van der Waals surface area contributed by atoms with Crippen LogP contribution in [0.25, 0.3) is 0 Å². The summed E-state index contributed by atoms with van der Waals surface area (Å²) in [5.74, 6) is -2.37. The Morgan fingerprint density at radius 3 is 2.43 bits per heavy atom. The summed E-state index contributed by atoms with van der Waals surface area (Å²) in [5, 5.41) is 20.0. The van der Waals surface area contributed by atoms with E-state index in [1.807, 2.05) is 6.07 Å². The second kappa shape index (κ2) is 7.65. The first-order chi connectivity index (χ1) is 9.97. The first-order valence-corrected chi connectivity index (χ1v) is 6.08. The minimum absolute atomic E-state index is 0.0655. The summed E-state index contributed by atoms with van der Waals surface area (Å²) in [6.07, 6.45) is -0.175. The predicted octanol–water partition coefficient (Wildman–Crippen LogP) is 0.694. The molecule has 0 spiro atoms. The number of nitrogens with one attached hydrogen (secondary N) is 1. The molecule has 0 aliphatic carbocycles. The van der Waals surface area contributed by atoms with Crippen molar-refractivity contribution in [3.63, 3.8) is 0 Å². The third-order valence-corrected chi connectivity index (χ3v) is 2.74. The zero-order chi connectivity index (χ0) is 15.8. The standard InChI is InChI=1S/C14H14N2O5/c1-21-12(17)7-6-11(14(19)20)16-13(18)10-4-2-9(8-15)3-5-10/h2-5,11H,6-7H2,1H3,(H,16,18)(H,19,20). The molecule has 0 radical (unpaired) electrons. The number of nitriles is 1. The Kier molecular flexibility index (Phi) is 5.89. The van der Waals surface area contributed by atoms with Crippen LogP contribution in [0.15, 0.2) is 24.3 Å². The van der Waals surface area contributed by atoms with Gasteiger partial charge in [0.1, 0.15) is 6.04 Å². The Balaban J connectivity index is 2.69. The number of carbonyl (C=O) groups excluding carboxylic acids is 2. The van der Waals surface area contributed by atoms with Gasteiger partial charge in [-0.3, -0.25) is 9.59 Å². The Hall–Kier alpha value is -2.88. The lowest BCUT2D eigenvalue weighted by molar-refractivity contribution is -0.142. The van der Waals surface area contributed by atoms with Crippen LogP contribution in [-0.2, 0) is 14.3 Å². The Bertz CT molecular complexity index is 574. The van der Waals surface area contributed by atoms with Crippen LogP contribution >= 0.6 is 0 Å². The predicted molar refractivity (Wildman–Crippen MR) is 71.3 cm³/mol. The van der Waals surface area contributed by atoms with E-state index < -0.39 is 23.9 Å². The van der Waals surface area contributed by atoms with E-state index in [9.17, 15) is 14.4 Å². The number of ether oxygens (including phenoxy) is 1. The highest BCUT2D eigenvalue weighted by Crippen LogP contribution is 2.06. The number of carboxylic acid groups (broad SMARTS) is 1. The molecule has 0 saturated carbocycles. The van der Waals surface area contributed by atoms with E-state index >= 15 is 0 Å². The number of amides is 1. The molecule has 0 aliphatic heterocycles. The van der Waals surface area contributed by atoms with Gasteiger partial charge in [-0.1, -0.05) is 0 Å². The summed E-state index contributed by atoms with van der Waals surface area (Å²) in [7, 11) is 1.20. The highest BCUT2D eigenvalue weighted by Gasteiger charge is 2.21. The maximum atomic E-state index is 11.9. The average Bonchev–Trinajstić information content (AvgIpc) is 2.50. The van der Waals surface area contributed by atoms with Crippen molar-refractivity contribution >= 4 is 17.8 Å². The number of carboxylic acids is 1. The molecule has 0 aliphatic rings. The van der Waals surface area contributed by atoms with Gasteiger partial charge >= 0.3 is 11.9 Å². The van der Waals surface area contributed by atoms with Gasteiger partial charge in [0.05, 0.1) is 18.7 Å². The van der Waals surface area contributed by atoms with Gasteiger partial charge in [0.25, 0.3) is 5.91 Å². The van der Waals surface area contributed by atoms with E-state index in [0.29, 0.717) is 5.56 Å². The summed E-state index contributed by atoms with van der Waals surface area (Å²) < 4.78 is 4.42. The summed E-state index contributed by atoms with van der Waals surface area (Å²) in [5.41, 5.74) is 0.630. The first-order valence-electron chi connectivity index (χ1n) is 6.08. The Labute approximate surface area is 121 Å². The van der Waals surface area contributed by atoms with Crippen molar-refractivity contribution in [1.29, 1.82) is 5.26 Å². The van der Waals surface area contributed by atoms with E-state index in [0.717, 1.165) is 0 Å². The molecule has 110 valence electrons. The minimum atomic E-state index is -1.24. The van der Waals surface area contributed by atoms with Gasteiger partial charge in [-0.25, -0.2) is 4.79 Å². The summed E-state index contributed by atoms with van der Waals surface area (Å²) >= 11 is 0. The average molecular weight is 290 g/mol. The van der Waals surface area contributed by atoms with E-state index in [1.54, 1.807) is 0 Å². The van der Waals surface area contributed by atoms with Gasteiger partial charge < -0.3 is 15.2 Å². The van der Waals surface area contributed by atoms with Crippen LogP contribution in [0.2, 0.25) is 0 Å². The van der Waals surface area contributed by atoms with Gasteiger partial charge in [-0.15, -0.1) is 0 Å². The number of nitrogens with zero attached hydrogens (tertiary/aromatic N) is 1. The van der Waals surface area contributed by atoms with Crippen LogP contribution in [0.1, 0.15) is 28.8 Å². The van der Waals surface area contributed by atoms with Crippen molar-refractivity contribution in [2.75, 3.05) is 7.11 Å². The lowest BCUT2D eigenvalue weighted by Crippen LogP contribution is -2.41. The quantitative estimate of drug-likeness (QED) is 0.745. The third kappa shape index (κ3) is 4.95. The second-order valence-corrected chi connectivity index (χ2v) is 4.17. The van der Waals surface area contributed by atoms with Gasteiger partial charge in [-0.2, -0.15) is 5.26 Å². The molecule has 0 bridgehead atoms. The van der Waals surface area contributed by atoms with Crippen molar-refractivity contribution in [2.24, 2.45) is 0 Å². The molecule has 1 aromatic rings. The maximum Gasteiger partial charge on any atom is 0.326 e. The summed E-state index contributed by atoms with van der Waals surface area (Å²) in [6.45, 7) is 0. The smallest absolute Gasteiger partial charge is 0.326 e. The number of methoxy groups -OCH3 is 1. The highest BCUT2D eigenvalue weighted by molar-refractivity contribution is 5.96. The van der Waals surface area contributed by atoms with Crippen LogP contribution in [0, 0.1) is 11.3 Å². The monoisotopic (exact) mass is 290 g/mol. The van der Waals surface area contributed by atoms with Crippen molar-refractivity contribution in [2.45, 2.75) is 18.9 Å². The molecule has 0 fully saturated rings. The maximum absolute atomic E-state index is 11.9. The molecule has 1 amide bonds. The molecule has 1 atom stereocenters. The zero-order valence-corrected chi connectivity index (χ0v) is 11.3. The Morgan fingerprint density at radius 2 is 1.95 bits per heavy atom. The molecule has 0 saturated heterocycles. The number of hydrogen-bond donors (Lipinski definition) is 2. The van der Waals surface area contributed by atoms with Gasteiger partial charge in [0.2, 0.25) is 0 Å². The minimum Gasteiger partial charge on any atom is -0.480 e. The summed E-state index contributed by atoms with van der Waals surface area (Å²) in [4.78, 5) is 34.0. The van der Waals surface area contributed by atoms with E-state index in [-0.39, 0.29) is 18.4 Å². The normalized spacial score (nSPS) is 11.0. The van der Waals surface area contributed by atoms with E-state index in [1.165, 1.54) is 31.4 Å². The summed E-state index contributed by atoms with van der Waals surface area (Å²) in [6, 6.07) is 6.49. The molecule has 1 unspecified atom stereocenters. The van der Waals surface area contributed by atoms with Crippen molar-refractivity contribution < 1.29 is 24.2 Å². The molecular formula is C14H14N2O5. The van der Waals surface area contributed by atoms with Crippen LogP contribution in [0.3, 0.4) is 0 Å². The number of benzene rings is 1. The van der Waals surface area contributed by atoms with E-state index in [2.05, 4.69) is 10.1 Å². The van der Waals surface area contributed by atoms with Gasteiger partial charge in [0.15, 0.2) is 0 Å². The topological polar surface area (TPSA) is 116 Å². The molecule has 1 aromatic carbocycles. The van der Waals surface area contributed by atoms with Gasteiger partial charge in [0, 0.05) is 12.0 Å². The van der Waals surface area contributed by atoms with Gasteiger partial charge in [-0.05, 0) is 30.7 Å². The molecule has 0 aromatic heterocycles.